The molecular formula is C14H11FN4O. The third-order valence-electron chi connectivity index (χ3n) is 2.53. The normalized spacial score (nSPS) is 9.60. The van der Waals surface area contributed by atoms with Crippen LogP contribution < -0.4 is 16.4 Å². The molecule has 4 N–H and O–H groups in total. The number of anilines is 3. The molecule has 0 radical (unpaired) electrons. The summed E-state index contributed by atoms with van der Waals surface area (Å²) in [7, 11) is 0. The summed E-state index contributed by atoms with van der Waals surface area (Å²) < 4.78 is 13.2. The molecule has 5 nitrogen and oxygen atoms in total. The van der Waals surface area contributed by atoms with Gasteiger partial charge < -0.3 is 16.4 Å². The molecule has 2 aromatic carbocycles. The summed E-state index contributed by atoms with van der Waals surface area (Å²) in [5, 5.41) is 13.7. The number of benzene rings is 2. The van der Waals surface area contributed by atoms with Gasteiger partial charge in [0.25, 0.3) is 0 Å². The van der Waals surface area contributed by atoms with Gasteiger partial charge in [0.15, 0.2) is 0 Å². The number of hydrogen-bond donors (Lipinski definition) is 3. The van der Waals surface area contributed by atoms with Gasteiger partial charge in [-0.2, -0.15) is 5.26 Å². The molecule has 0 unspecified atom stereocenters. The van der Waals surface area contributed by atoms with Gasteiger partial charge in [0, 0.05) is 11.4 Å². The fourth-order valence-electron chi connectivity index (χ4n) is 1.53. The Bertz CT molecular complexity index is 677. The average Bonchev–Trinajstić information content (AvgIpc) is 2.44. The summed E-state index contributed by atoms with van der Waals surface area (Å²) in [5.41, 5.74) is 6.67. The minimum atomic E-state index is -0.596. The molecule has 0 heterocycles. The largest absolute Gasteiger partial charge is 0.396 e. The van der Waals surface area contributed by atoms with E-state index >= 15 is 0 Å². The predicted octanol–water partition coefficient (Wildman–Crippen LogP) is 2.92. The molecule has 0 bridgehead atoms. The zero-order valence-corrected chi connectivity index (χ0v) is 10.4. The van der Waals surface area contributed by atoms with Crippen LogP contribution in [0, 0.1) is 17.1 Å². The Labute approximate surface area is 114 Å². The van der Waals surface area contributed by atoms with Crippen molar-refractivity contribution in [2.75, 3.05) is 16.4 Å². The maximum atomic E-state index is 13.2. The molecule has 20 heavy (non-hydrogen) atoms. The van der Waals surface area contributed by atoms with Crippen molar-refractivity contribution in [3.05, 3.63) is 53.8 Å². The van der Waals surface area contributed by atoms with E-state index in [1.54, 1.807) is 24.3 Å². The van der Waals surface area contributed by atoms with Crippen molar-refractivity contribution in [3.8, 4) is 6.07 Å². The van der Waals surface area contributed by atoms with Crippen LogP contribution in [-0.2, 0) is 0 Å². The van der Waals surface area contributed by atoms with Crippen LogP contribution in [0.25, 0.3) is 0 Å². The maximum absolute atomic E-state index is 13.2. The van der Waals surface area contributed by atoms with Gasteiger partial charge >= 0.3 is 6.03 Å². The second-order valence-electron chi connectivity index (χ2n) is 4.00. The molecule has 0 aliphatic rings. The van der Waals surface area contributed by atoms with Crippen molar-refractivity contribution in [1.82, 2.24) is 0 Å². The number of nitrogens with one attached hydrogen (secondary N) is 2. The number of urea groups is 1. The fourth-order valence-corrected chi connectivity index (χ4v) is 1.53. The van der Waals surface area contributed by atoms with Crippen molar-refractivity contribution in [2.45, 2.75) is 0 Å². The second kappa shape index (κ2) is 5.71. The Morgan fingerprint density at radius 1 is 1.10 bits per heavy atom. The van der Waals surface area contributed by atoms with Gasteiger partial charge in [0.2, 0.25) is 0 Å². The number of halogens is 1. The van der Waals surface area contributed by atoms with Crippen molar-refractivity contribution >= 4 is 23.1 Å². The lowest BCUT2D eigenvalue weighted by Gasteiger charge is -2.08. The maximum Gasteiger partial charge on any atom is 0.323 e. The summed E-state index contributed by atoms with van der Waals surface area (Å²) in [6.07, 6.45) is 0. The van der Waals surface area contributed by atoms with Crippen LogP contribution in [0.5, 0.6) is 0 Å². The smallest absolute Gasteiger partial charge is 0.323 e. The summed E-state index contributed by atoms with van der Waals surface area (Å²) in [6.45, 7) is 0. The highest BCUT2D eigenvalue weighted by molar-refractivity contribution is 5.99. The first kappa shape index (κ1) is 13.4. The molecule has 2 aromatic rings. The second-order valence-corrected chi connectivity index (χ2v) is 4.00. The molecule has 0 spiro atoms. The molecule has 0 saturated heterocycles. The SMILES string of the molecule is N#Cc1ccc(NC(=O)Nc2ccc(N)c(F)c2)cc1. The number of nitrogen functional groups attached to an aromatic ring is 1. The average molecular weight is 270 g/mol. The Morgan fingerprint density at radius 2 is 1.70 bits per heavy atom. The predicted molar refractivity (Wildman–Crippen MR) is 74.6 cm³/mol. The minimum absolute atomic E-state index is 0.0167. The zero-order valence-electron chi connectivity index (χ0n) is 10.4. The number of carbonyl (C=O) groups is 1. The van der Waals surface area contributed by atoms with E-state index in [1.807, 2.05) is 6.07 Å². The number of amides is 2. The molecule has 6 heteroatoms. The standard InChI is InChI=1S/C14H11FN4O/c15-12-7-11(5-6-13(12)17)19-14(20)18-10-3-1-9(8-16)2-4-10/h1-7H,17H2,(H2,18,19,20). The number of nitrogens with zero attached hydrogens (tertiary/aromatic N) is 1. The van der Waals surface area contributed by atoms with E-state index in [1.165, 1.54) is 12.1 Å². The van der Waals surface area contributed by atoms with Gasteiger partial charge in [-0.15, -0.1) is 0 Å². The highest BCUT2D eigenvalue weighted by atomic mass is 19.1. The molecular weight excluding hydrogens is 259 g/mol. The molecule has 100 valence electrons. The Kier molecular flexibility index (Phi) is 3.82. The van der Waals surface area contributed by atoms with Gasteiger partial charge in [-0.3, -0.25) is 0 Å². The van der Waals surface area contributed by atoms with E-state index in [-0.39, 0.29) is 5.69 Å². The van der Waals surface area contributed by atoms with E-state index in [0.29, 0.717) is 16.9 Å². The molecule has 0 aliphatic carbocycles. The molecule has 0 saturated carbocycles. The van der Waals surface area contributed by atoms with Crippen LogP contribution in [0.15, 0.2) is 42.5 Å². The van der Waals surface area contributed by atoms with Crippen LogP contribution in [0.1, 0.15) is 5.56 Å². The fraction of sp³-hybridized carbons (Fsp3) is 0. The Morgan fingerprint density at radius 3 is 2.30 bits per heavy atom. The summed E-state index contributed by atoms with van der Waals surface area (Å²) in [6, 6.07) is 11.8. The lowest BCUT2D eigenvalue weighted by atomic mass is 10.2. The molecule has 2 amide bonds. The number of rotatable bonds is 2. The minimum Gasteiger partial charge on any atom is -0.396 e. The monoisotopic (exact) mass is 270 g/mol. The summed E-state index contributed by atoms with van der Waals surface area (Å²) >= 11 is 0. The topological polar surface area (TPSA) is 90.9 Å². The lowest BCUT2D eigenvalue weighted by molar-refractivity contribution is 0.262. The molecule has 2 rings (SSSR count). The molecule has 0 aromatic heterocycles. The zero-order chi connectivity index (χ0) is 14.5. The number of hydrogen-bond acceptors (Lipinski definition) is 3. The summed E-state index contributed by atoms with van der Waals surface area (Å²) in [5.74, 6) is -0.596. The number of carbonyl (C=O) groups excluding carboxylic acids is 1. The van der Waals surface area contributed by atoms with E-state index in [0.717, 1.165) is 6.07 Å². The Balaban J connectivity index is 2.01. The van der Waals surface area contributed by atoms with Crippen LogP contribution in [0.3, 0.4) is 0 Å². The third-order valence-corrected chi connectivity index (χ3v) is 2.53. The quantitative estimate of drug-likeness (QED) is 0.733. The van der Waals surface area contributed by atoms with Crippen molar-refractivity contribution in [2.24, 2.45) is 0 Å². The number of nitrogens with two attached hydrogens (primary N) is 1. The van der Waals surface area contributed by atoms with Crippen LogP contribution in [-0.4, -0.2) is 6.03 Å². The van der Waals surface area contributed by atoms with Gasteiger partial charge in [0.05, 0.1) is 17.3 Å². The van der Waals surface area contributed by atoms with E-state index < -0.39 is 11.8 Å². The number of nitriles is 1. The van der Waals surface area contributed by atoms with Crippen molar-refractivity contribution in [1.29, 1.82) is 5.26 Å². The van der Waals surface area contributed by atoms with Crippen LogP contribution in [0.4, 0.5) is 26.2 Å². The van der Waals surface area contributed by atoms with Crippen LogP contribution in [0.2, 0.25) is 0 Å². The van der Waals surface area contributed by atoms with Gasteiger partial charge in [-0.05, 0) is 42.5 Å². The van der Waals surface area contributed by atoms with Gasteiger partial charge in [-0.1, -0.05) is 0 Å². The van der Waals surface area contributed by atoms with E-state index in [2.05, 4.69) is 10.6 Å². The van der Waals surface area contributed by atoms with Gasteiger partial charge in [-0.25, -0.2) is 9.18 Å². The Hall–Kier alpha value is -3.07. The first-order valence-corrected chi connectivity index (χ1v) is 5.71. The highest BCUT2D eigenvalue weighted by Gasteiger charge is 2.05. The highest BCUT2D eigenvalue weighted by Crippen LogP contribution is 2.16. The molecule has 0 fully saturated rings. The first-order valence-electron chi connectivity index (χ1n) is 5.71. The lowest BCUT2D eigenvalue weighted by Crippen LogP contribution is -2.19. The van der Waals surface area contributed by atoms with Crippen LogP contribution >= 0.6 is 0 Å². The van der Waals surface area contributed by atoms with E-state index in [9.17, 15) is 9.18 Å². The third kappa shape index (κ3) is 3.23. The summed E-state index contributed by atoms with van der Waals surface area (Å²) in [4.78, 5) is 11.7. The molecule has 0 atom stereocenters. The first-order chi connectivity index (χ1) is 9.58. The van der Waals surface area contributed by atoms with Crippen molar-refractivity contribution < 1.29 is 9.18 Å². The van der Waals surface area contributed by atoms with Gasteiger partial charge in [0.1, 0.15) is 5.82 Å². The van der Waals surface area contributed by atoms with Crippen molar-refractivity contribution in [3.63, 3.8) is 0 Å². The molecule has 0 aliphatic heterocycles. The van der Waals surface area contributed by atoms with E-state index in [4.69, 9.17) is 11.0 Å².